The van der Waals surface area contributed by atoms with Crippen molar-refractivity contribution in [2.75, 3.05) is 6.54 Å². The van der Waals surface area contributed by atoms with Crippen LogP contribution in [0.25, 0.3) is 0 Å². The molecule has 1 nitrogen and oxygen atoms in total. The van der Waals surface area contributed by atoms with E-state index in [-0.39, 0.29) is 0 Å². The molecule has 1 aromatic heterocycles. The van der Waals surface area contributed by atoms with Gasteiger partial charge in [-0.3, -0.25) is 0 Å². The maximum absolute atomic E-state index is 3.72. The van der Waals surface area contributed by atoms with E-state index in [1.54, 1.807) is 0 Å². The van der Waals surface area contributed by atoms with Gasteiger partial charge in [0.05, 0.1) is 3.79 Å². The third-order valence-electron chi connectivity index (χ3n) is 4.03. The minimum atomic E-state index is 0.754. The number of rotatable bonds is 4. The zero-order valence-corrected chi connectivity index (χ0v) is 13.1. The number of thiophene rings is 1. The zero-order valence-electron chi connectivity index (χ0n) is 10.7. The first-order valence-electron chi connectivity index (χ1n) is 6.62. The van der Waals surface area contributed by atoms with E-state index in [4.69, 9.17) is 0 Å². The third kappa shape index (κ3) is 4.08. The summed E-state index contributed by atoms with van der Waals surface area (Å²) in [6.07, 6.45) is 5.27. The van der Waals surface area contributed by atoms with Gasteiger partial charge in [-0.15, -0.1) is 11.3 Å². The van der Waals surface area contributed by atoms with Crippen LogP contribution in [0.15, 0.2) is 15.9 Å². The van der Waals surface area contributed by atoms with E-state index in [0.29, 0.717) is 0 Å². The van der Waals surface area contributed by atoms with Crippen LogP contribution in [-0.4, -0.2) is 12.6 Å². The molecule has 0 aromatic carbocycles. The van der Waals surface area contributed by atoms with Gasteiger partial charge < -0.3 is 5.32 Å². The fourth-order valence-electron chi connectivity index (χ4n) is 2.62. The summed E-state index contributed by atoms with van der Waals surface area (Å²) in [4.78, 5) is 1.47. The molecule has 1 saturated carbocycles. The average molecular weight is 316 g/mol. The summed E-state index contributed by atoms with van der Waals surface area (Å²) in [5.41, 5.74) is 0. The molecular formula is C14H22BrNS. The van der Waals surface area contributed by atoms with Crippen LogP contribution < -0.4 is 5.32 Å². The molecule has 3 unspecified atom stereocenters. The predicted octanol–water partition coefficient (Wildman–Crippen LogP) is 4.47. The Balaban J connectivity index is 1.69. The molecule has 1 aromatic rings. The first-order valence-corrected chi connectivity index (χ1v) is 8.23. The highest BCUT2D eigenvalue weighted by molar-refractivity contribution is 9.11. The molecule has 0 bridgehead atoms. The first kappa shape index (κ1) is 13.6. The molecule has 17 heavy (non-hydrogen) atoms. The minimum Gasteiger partial charge on any atom is -0.314 e. The molecule has 3 atom stereocenters. The Morgan fingerprint density at radius 1 is 1.29 bits per heavy atom. The molecule has 1 N–H and O–H groups in total. The number of hydrogen-bond donors (Lipinski definition) is 1. The van der Waals surface area contributed by atoms with Crippen molar-refractivity contribution in [1.82, 2.24) is 5.32 Å². The number of hydrogen-bond acceptors (Lipinski definition) is 2. The second-order valence-electron chi connectivity index (χ2n) is 5.37. The summed E-state index contributed by atoms with van der Waals surface area (Å²) in [6, 6.07) is 5.12. The molecule has 3 heteroatoms. The van der Waals surface area contributed by atoms with Gasteiger partial charge in [0.2, 0.25) is 0 Å². The van der Waals surface area contributed by atoms with Crippen LogP contribution in [0.5, 0.6) is 0 Å². The third-order valence-corrected chi connectivity index (χ3v) is 5.71. The maximum Gasteiger partial charge on any atom is 0.0701 e. The lowest BCUT2D eigenvalue weighted by atomic mass is 9.79. The molecular weight excluding hydrogens is 294 g/mol. The van der Waals surface area contributed by atoms with Gasteiger partial charge in [0.1, 0.15) is 0 Å². The Morgan fingerprint density at radius 2 is 2.12 bits per heavy atom. The van der Waals surface area contributed by atoms with Gasteiger partial charge in [-0.1, -0.05) is 13.8 Å². The fraction of sp³-hybridized carbons (Fsp3) is 0.714. The largest absolute Gasteiger partial charge is 0.314 e. The zero-order chi connectivity index (χ0) is 12.3. The van der Waals surface area contributed by atoms with Gasteiger partial charge in [0.25, 0.3) is 0 Å². The van der Waals surface area contributed by atoms with Gasteiger partial charge in [-0.05, 0) is 65.6 Å². The summed E-state index contributed by atoms with van der Waals surface area (Å²) < 4.78 is 1.24. The molecule has 1 heterocycles. The van der Waals surface area contributed by atoms with E-state index in [1.807, 2.05) is 11.3 Å². The highest BCUT2D eigenvalue weighted by Gasteiger charge is 2.23. The fourth-order valence-corrected chi connectivity index (χ4v) is 4.10. The van der Waals surface area contributed by atoms with Crippen molar-refractivity contribution in [2.24, 2.45) is 11.8 Å². The molecule has 0 amide bonds. The summed E-state index contributed by atoms with van der Waals surface area (Å²) in [5.74, 6) is 1.80. The second-order valence-corrected chi connectivity index (χ2v) is 7.92. The van der Waals surface area contributed by atoms with Crippen molar-refractivity contribution >= 4 is 27.3 Å². The van der Waals surface area contributed by atoms with Crippen LogP contribution in [0, 0.1) is 11.8 Å². The van der Waals surface area contributed by atoms with Crippen LogP contribution in [0.4, 0.5) is 0 Å². The van der Waals surface area contributed by atoms with Gasteiger partial charge in [0.15, 0.2) is 0 Å². The lowest BCUT2D eigenvalue weighted by Crippen LogP contribution is -2.37. The van der Waals surface area contributed by atoms with Gasteiger partial charge >= 0.3 is 0 Å². The summed E-state index contributed by atoms with van der Waals surface area (Å²) in [5, 5.41) is 3.72. The monoisotopic (exact) mass is 315 g/mol. The Hall–Kier alpha value is 0.140. The maximum atomic E-state index is 3.72. The van der Waals surface area contributed by atoms with Crippen molar-refractivity contribution in [2.45, 2.75) is 45.6 Å². The molecule has 1 aliphatic carbocycles. The van der Waals surface area contributed by atoms with Crippen LogP contribution in [0.1, 0.15) is 38.0 Å². The number of nitrogens with one attached hydrogen (secondary N) is 1. The average Bonchev–Trinajstić information content (AvgIpc) is 2.70. The van der Waals surface area contributed by atoms with E-state index in [9.17, 15) is 0 Å². The summed E-state index contributed by atoms with van der Waals surface area (Å²) in [7, 11) is 0. The minimum absolute atomic E-state index is 0.754. The van der Waals surface area contributed by atoms with E-state index in [0.717, 1.165) is 30.8 Å². The molecule has 96 valence electrons. The Kier molecular flexibility index (Phi) is 5.07. The standard InChI is InChI=1S/C14H22BrNS/c1-10-3-4-12(9-11(10)2)16-8-7-13-5-6-14(15)17-13/h5-6,10-12,16H,3-4,7-9H2,1-2H3. The van der Waals surface area contributed by atoms with E-state index in [2.05, 4.69) is 47.2 Å². The molecule has 1 aliphatic rings. The first-order chi connectivity index (χ1) is 8.15. The molecule has 0 spiro atoms. The highest BCUT2D eigenvalue weighted by atomic mass is 79.9. The van der Waals surface area contributed by atoms with Crippen LogP contribution >= 0.6 is 27.3 Å². The van der Waals surface area contributed by atoms with Crippen molar-refractivity contribution < 1.29 is 0 Å². The summed E-state index contributed by atoms with van der Waals surface area (Å²) in [6.45, 7) is 5.91. The van der Waals surface area contributed by atoms with Crippen molar-refractivity contribution in [3.05, 3.63) is 20.8 Å². The van der Waals surface area contributed by atoms with E-state index in [1.165, 1.54) is 27.9 Å². The van der Waals surface area contributed by atoms with Crippen molar-refractivity contribution in [3.8, 4) is 0 Å². The molecule has 0 radical (unpaired) electrons. The Labute approximate surface area is 117 Å². The SMILES string of the molecule is CC1CCC(NCCc2ccc(Br)s2)CC1C. The quantitative estimate of drug-likeness (QED) is 0.864. The van der Waals surface area contributed by atoms with Gasteiger partial charge in [-0.2, -0.15) is 0 Å². The topological polar surface area (TPSA) is 12.0 Å². The summed E-state index contributed by atoms with van der Waals surface area (Å²) >= 11 is 5.37. The van der Waals surface area contributed by atoms with Crippen molar-refractivity contribution in [1.29, 1.82) is 0 Å². The highest BCUT2D eigenvalue weighted by Crippen LogP contribution is 2.29. The van der Waals surface area contributed by atoms with Crippen LogP contribution in [-0.2, 0) is 6.42 Å². The Bertz CT molecular complexity index is 350. The van der Waals surface area contributed by atoms with E-state index >= 15 is 0 Å². The van der Waals surface area contributed by atoms with Gasteiger partial charge in [-0.25, -0.2) is 0 Å². The lowest BCUT2D eigenvalue weighted by Gasteiger charge is -2.32. The van der Waals surface area contributed by atoms with Gasteiger partial charge in [0, 0.05) is 17.5 Å². The second kappa shape index (κ2) is 6.35. The van der Waals surface area contributed by atoms with Crippen LogP contribution in [0.3, 0.4) is 0 Å². The predicted molar refractivity (Wildman–Crippen MR) is 79.7 cm³/mol. The molecule has 0 saturated heterocycles. The van der Waals surface area contributed by atoms with E-state index < -0.39 is 0 Å². The van der Waals surface area contributed by atoms with Crippen molar-refractivity contribution in [3.63, 3.8) is 0 Å². The lowest BCUT2D eigenvalue weighted by molar-refractivity contribution is 0.227. The smallest absolute Gasteiger partial charge is 0.0701 e. The normalized spacial score (nSPS) is 29.5. The van der Waals surface area contributed by atoms with Crippen LogP contribution in [0.2, 0.25) is 0 Å². The molecule has 2 rings (SSSR count). The molecule has 0 aliphatic heterocycles. The number of halogens is 1. The molecule has 1 fully saturated rings. The Morgan fingerprint density at radius 3 is 2.76 bits per heavy atom.